The first-order valence-corrected chi connectivity index (χ1v) is 8.56. The Morgan fingerprint density at radius 3 is 2.41 bits per heavy atom. The van der Waals surface area contributed by atoms with E-state index in [1.54, 1.807) is 6.07 Å². The Morgan fingerprint density at radius 1 is 1.04 bits per heavy atom. The van der Waals surface area contributed by atoms with Crippen LogP contribution in [0.25, 0.3) is 0 Å². The van der Waals surface area contributed by atoms with Crippen LogP contribution in [0.15, 0.2) is 36.4 Å². The second-order valence-electron chi connectivity index (χ2n) is 5.38. The quantitative estimate of drug-likeness (QED) is 0.368. The first kappa shape index (κ1) is 20.5. The Bertz CT molecular complexity index is 889. The van der Waals surface area contributed by atoms with Gasteiger partial charge in [0.2, 0.25) is 0 Å². The van der Waals surface area contributed by atoms with E-state index in [1.165, 1.54) is 37.4 Å². The molecule has 0 unspecified atom stereocenters. The first-order valence-electron chi connectivity index (χ1n) is 7.81. The Kier molecular flexibility index (Phi) is 6.98. The van der Waals surface area contributed by atoms with E-state index in [0.29, 0.717) is 22.8 Å². The van der Waals surface area contributed by atoms with Gasteiger partial charge in [0, 0.05) is 43.5 Å². The topological polar surface area (TPSA) is 113 Å². The molecular weight excluding hydrogens is 395 g/mol. The van der Waals surface area contributed by atoms with Crippen LogP contribution in [0, 0.1) is 10.1 Å². The molecule has 3 N–H and O–H groups in total. The van der Waals surface area contributed by atoms with E-state index in [0.717, 1.165) is 0 Å². The minimum absolute atomic E-state index is 0.141. The van der Waals surface area contributed by atoms with Crippen LogP contribution < -0.4 is 16.0 Å². The van der Waals surface area contributed by atoms with Crippen molar-refractivity contribution in [3.05, 3.63) is 67.7 Å². The Labute approximate surface area is 165 Å². The fourth-order valence-corrected chi connectivity index (χ4v) is 2.53. The van der Waals surface area contributed by atoms with Crippen molar-refractivity contribution in [1.29, 1.82) is 0 Å². The molecule has 0 heterocycles. The molecule has 0 radical (unpaired) electrons. The van der Waals surface area contributed by atoms with Crippen LogP contribution in [0.2, 0.25) is 10.0 Å². The number of carbonyl (C=O) groups excluding carboxylic acids is 2. The second-order valence-corrected chi connectivity index (χ2v) is 6.19. The number of carbonyl (C=O) groups is 2. The monoisotopic (exact) mass is 410 g/mol. The van der Waals surface area contributed by atoms with Gasteiger partial charge in [-0.15, -0.1) is 0 Å². The van der Waals surface area contributed by atoms with Gasteiger partial charge in [-0.2, -0.15) is 0 Å². The summed E-state index contributed by atoms with van der Waals surface area (Å²) < 4.78 is 0. The standard InChI is InChI=1S/C17H16Cl2N4O4/c1-20-17(25)12-9-11(23(26)27)3-5-15(12)21-6-7-22-16(24)10-2-4-13(18)14(19)8-10/h2-5,8-9,21H,6-7H2,1H3,(H,20,25)(H,22,24). The molecule has 2 aromatic carbocycles. The number of nitro benzene ring substituents is 1. The lowest BCUT2D eigenvalue weighted by Gasteiger charge is -2.12. The van der Waals surface area contributed by atoms with E-state index in [9.17, 15) is 19.7 Å². The van der Waals surface area contributed by atoms with Crippen LogP contribution >= 0.6 is 23.2 Å². The SMILES string of the molecule is CNC(=O)c1cc([N+](=O)[O-])ccc1NCCNC(=O)c1ccc(Cl)c(Cl)c1. The fraction of sp³-hybridized carbons (Fsp3) is 0.176. The number of non-ortho nitro benzene ring substituents is 1. The lowest BCUT2D eigenvalue weighted by molar-refractivity contribution is -0.384. The van der Waals surface area contributed by atoms with Gasteiger partial charge in [0.1, 0.15) is 0 Å². The molecule has 2 aromatic rings. The van der Waals surface area contributed by atoms with E-state index in [4.69, 9.17) is 23.2 Å². The largest absolute Gasteiger partial charge is 0.383 e. The van der Waals surface area contributed by atoms with Gasteiger partial charge in [0.25, 0.3) is 17.5 Å². The molecule has 2 rings (SSSR count). The third-order valence-electron chi connectivity index (χ3n) is 3.59. The summed E-state index contributed by atoms with van der Waals surface area (Å²) in [7, 11) is 1.43. The summed E-state index contributed by atoms with van der Waals surface area (Å²) in [6.45, 7) is 0.554. The van der Waals surface area contributed by atoms with Crippen molar-refractivity contribution < 1.29 is 14.5 Å². The molecule has 0 aromatic heterocycles. The third kappa shape index (κ3) is 5.32. The van der Waals surface area contributed by atoms with Crippen molar-refractivity contribution in [2.45, 2.75) is 0 Å². The zero-order valence-corrected chi connectivity index (χ0v) is 15.7. The summed E-state index contributed by atoms with van der Waals surface area (Å²) in [5.41, 5.74) is 0.740. The van der Waals surface area contributed by atoms with Crippen LogP contribution in [-0.4, -0.2) is 36.9 Å². The number of hydrogen-bond acceptors (Lipinski definition) is 5. The zero-order valence-electron chi connectivity index (χ0n) is 14.2. The van der Waals surface area contributed by atoms with E-state index in [1.807, 2.05) is 0 Å². The van der Waals surface area contributed by atoms with Gasteiger partial charge in [-0.3, -0.25) is 19.7 Å². The van der Waals surface area contributed by atoms with Crippen LogP contribution in [0.4, 0.5) is 11.4 Å². The molecule has 8 nitrogen and oxygen atoms in total. The molecule has 27 heavy (non-hydrogen) atoms. The van der Waals surface area contributed by atoms with Gasteiger partial charge in [0.05, 0.1) is 20.5 Å². The molecule has 0 atom stereocenters. The number of nitrogens with zero attached hydrogens (tertiary/aromatic N) is 1. The lowest BCUT2D eigenvalue weighted by Crippen LogP contribution is -2.29. The number of anilines is 1. The van der Waals surface area contributed by atoms with Crippen molar-refractivity contribution >= 4 is 46.4 Å². The number of rotatable bonds is 7. The molecule has 0 bridgehead atoms. The molecule has 0 aliphatic carbocycles. The van der Waals surface area contributed by atoms with Gasteiger partial charge < -0.3 is 16.0 Å². The Balaban J connectivity index is 1.98. The first-order chi connectivity index (χ1) is 12.8. The van der Waals surface area contributed by atoms with Gasteiger partial charge in [-0.25, -0.2) is 0 Å². The predicted molar refractivity (Wildman–Crippen MR) is 104 cm³/mol. The molecule has 0 aliphatic heterocycles. The molecule has 0 aliphatic rings. The minimum atomic E-state index is -0.576. The zero-order chi connectivity index (χ0) is 20.0. The van der Waals surface area contributed by atoms with Crippen molar-refractivity contribution in [2.24, 2.45) is 0 Å². The van der Waals surface area contributed by atoms with Crippen molar-refractivity contribution in [2.75, 3.05) is 25.5 Å². The molecule has 0 spiro atoms. The van der Waals surface area contributed by atoms with E-state index in [-0.39, 0.29) is 28.7 Å². The Hall–Kier alpha value is -2.84. The minimum Gasteiger partial charge on any atom is -0.383 e. The van der Waals surface area contributed by atoms with Gasteiger partial charge in [0.15, 0.2) is 0 Å². The highest BCUT2D eigenvalue weighted by molar-refractivity contribution is 6.42. The van der Waals surface area contributed by atoms with Crippen molar-refractivity contribution in [1.82, 2.24) is 10.6 Å². The number of amides is 2. The smallest absolute Gasteiger partial charge is 0.270 e. The van der Waals surface area contributed by atoms with E-state index in [2.05, 4.69) is 16.0 Å². The fourth-order valence-electron chi connectivity index (χ4n) is 2.24. The van der Waals surface area contributed by atoms with Gasteiger partial charge >= 0.3 is 0 Å². The maximum Gasteiger partial charge on any atom is 0.270 e. The van der Waals surface area contributed by atoms with Gasteiger partial charge in [-0.1, -0.05) is 23.2 Å². The number of nitrogens with one attached hydrogen (secondary N) is 3. The highest BCUT2D eigenvalue weighted by atomic mass is 35.5. The summed E-state index contributed by atoms with van der Waals surface area (Å²) in [6, 6.07) is 8.48. The third-order valence-corrected chi connectivity index (χ3v) is 4.33. The molecule has 2 amide bonds. The molecule has 0 saturated carbocycles. The molecule has 142 valence electrons. The average Bonchev–Trinajstić information content (AvgIpc) is 2.66. The highest BCUT2D eigenvalue weighted by Crippen LogP contribution is 2.23. The number of halogens is 2. The van der Waals surface area contributed by atoms with Crippen LogP contribution in [0.5, 0.6) is 0 Å². The predicted octanol–water partition coefficient (Wildman–Crippen LogP) is 3.10. The number of benzene rings is 2. The maximum atomic E-state index is 12.1. The summed E-state index contributed by atoms with van der Waals surface area (Å²) in [4.78, 5) is 34.3. The number of nitro groups is 1. The summed E-state index contributed by atoms with van der Waals surface area (Å²) in [6.07, 6.45) is 0. The highest BCUT2D eigenvalue weighted by Gasteiger charge is 2.15. The van der Waals surface area contributed by atoms with Crippen molar-refractivity contribution in [3.63, 3.8) is 0 Å². The number of hydrogen-bond donors (Lipinski definition) is 3. The average molecular weight is 411 g/mol. The molecular formula is C17H16Cl2N4O4. The summed E-state index contributed by atoms with van der Waals surface area (Å²) in [5, 5.41) is 19.6. The maximum absolute atomic E-state index is 12.1. The van der Waals surface area contributed by atoms with E-state index >= 15 is 0 Å². The summed E-state index contributed by atoms with van der Waals surface area (Å²) in [5.74, 6) is -0.786. The molecule has 10 heteroatoms. The second kappa shape index (κ2) is 9.20. The van der Waals surface area contributed by atoms with E-state index < -0.39 is 10.8 Å². The summed E-state index contributed by atoms with van der Waals surface area (Å²) >= 11 is 11.7. The van der Waals surface area contributed by atoms with Crippen molar-refractivity contribution in [3.8, 4) is 0 Å². The molecule has 0 saturated heterocycles. The van der Waals surface area contributed by atoms with Gasteiger partial charge in [-0.05, 0) is 24.3 Å². The van der Waals surface area contributed by atoms with Crippen LogP contribution in [-0.2, 0) is 0 Å². The van der Waals surface area contributed by atoms with Crippen LogP contribution in [0.3, 0.4) is 0 Å². The van der Waals surface area contributed by atoms with Crippen LogP contribution in [0.1, 0.15) is 20.7 Å². The Morgan fingerprint density at radius 2 is 1.78 bits per heavy atom. The normalized spacial score (nSPS) is 10.2. The molecule has 0 fully saturated rings. The lowest BCUT2D eigenvalue weighted by atomic mass is 10.1.